The van der Waals surface area contributed by atoms with Crippen LogP contribution in [0.5, 0.6) is 0 Å². The van der Waals surface area contributed by atoms with Crippen molar-refractivity contribution in [3.05, 3.63) is 0 Å². The van der Waals surface area contributed by atoms with Gasteiger partial charge in [-0.3, -0.25) is 38.5 Å². The molecule has 8 atom stereocenters. The van der Waals surface area contributed by atoms with Gasteiger partial charge in [0.1, 0.15) is 36.6 Å². The van der Waals surface area contributed by atoms with E-state index in [4.69, 9.17) is 10.2 Å². The van der Waals surface area contributed by atoms with Gasteiger partial charge in [0.25, 0.3) is 0 Å². The number of aliphatic hydroxyl groups excluding tert-OH is 10. The Bertz CT molecular complexity index is 1420. The number of nitrogens with zero attached hydrogens (tertiary/aromatic N) is 8. The van der Waals surface area contributed by atoms with Crippen LogP contribution in [0.1, 0.15) is 0 Å². The summed E-state index contributed by atoms with van der Waals surface area (Å²) in [4.78, 5) is 97.9. The summed E-state index contributed by atoms with van der Waals surface area (Å²) in [6, 6.07) is 0. The van der Waals surface area contributed by atoms with E-state index in [1.807, 2.05) is 0 Å². The number of amides is 7. The van der Waals surface area contributed by atoms with E-state index in [2.05, 4.69) is 5.32 Å². The van der Waals surface area contributed by atoms with Gasteiger partial charge in [-0.25, -0.2) is 0 Å². The summed E-state index contributed by atoms with van der Waals surface area (Å²) in [5, 5.41) is 101. The highest BCUT2D eigenvalue weighted by Gasteiger charge is 2.34. The zero-order valence-corrected chi connectivity index (χ0v) is 36.7. The van der Waals surface area contributed by atoms with Crippen molar-refractivity contribution >= 4 is 41.4 Å². The molecule has 0 bridgehead atoms. The molecule has 0 aliphatic rings. The van der Waals surface area contributed by atoms with Crippen LogP contribution in [0.15, 0.2) is 0 Å². The molecule has 0 saturated heterocycles. The highest BCUT2D eigenvalue weighted by Crippen LogP contribution is 2.11. The largest absolute Gasteiger partial charge is 0.394 e. The van der Waals surface area contributed by atoms with E-state index < -0.39 is 137 Å². The highest BCUT2D eigenvalue weighted by atomic mass is 16.4. The second kappa shape index (κ2) is 28.5. The van der Waals surface area contributed by atoms with Crippen molar-refractivity contribution in [2.24, 2.45) is 0 Å². The number of hydrogen-bond donors (Lipinski definition) is 11. The van der Waals surface area contributed by atoms with E-state index in [9.17, 15) is 74.4 Å². The van der Waals surface area contributed by atoms with Crippen LogP contribution in [-0.2, 0) is 33.6 Å². The fourth-order valence-electron chi connectivity index (χ4n) is 5.29. The molecule has 0 aromatic rings. The minimum Gasteiger partial charge on any atom is -0.394 e. The molecule has 0 aliphatic carbocycles. The number of carbonyl (C=O) groups is 7. The van der Waals surface area contributed by atoms with E-state index >= 15 is 0 Å². The monoisotopic (exact) mass is 899 g/mol. The van der Waals surface area contributed by atoms with Crippen molar-refractivity contribution in [3.63, 3.8) is 0 Å². The van der Waals surface area contributed by atoms with Gasteiger partial charge < -0.3 is 90.7 Å². The Morgan fingerprint density at radius 3 is 0.935 bits per heavy atom. The van der Waals surface area contributed by atoms with Crippen molar-refractivity contribution in [3.8, 4) is 0 Å². The number of rotatable bonds is 29. The van der Waals surface area contributed by atoms with Crippen molar-refractivity contribution in [1.82, 2.24) is 44.5 Å². The Morgan fingerprint density at radius 1 is 0.403 bits per heavy atom. The minimum atomic E-state index is -2.01. The number of aliphatic hydroxyl groups is 10. The Morgan fingerprint density at radius 2 is 0.661 bits per heavy atom. The molecule has 26 heteroatoms. The molecule has 0 saturated carbocycles. The summed E-state index contributed by atoms with van der Waals surface area (Å²) < 4.78 is 0. The lowest BCUT2D eigenvalue weighted by Gasteiger charge is -2.33. The smallest absolute Gasteiger partial charge is 0.242 e. The van der Waals surface area contributed by atoms with Gasteiger partial charge in [0.2, 0.25) is 41.4 Å². The third-order valence-corrected chi connectivity index (χ3v) is 9.54. The van der Waals surface area contributed by atoms with Gasteiger partial charge in [-0.15, -0.1) is 0 Å². The number of nitrogens with one attached hydrogen (secondary N) is 1. The Kier molecular flexibility index (Phi) is 26.6. The van der Waals surface area contributed by atoms with Crippen LogP contribution in [0, 0.1) is 0 Å². The Balaban J connectivity index is 5.18. The molecule has 0 unspecified atom stereocenters. The third-order valence-electron chi connectivity index (χ3n) is 9.54. The fourth-order valence-corrected chi connectivity index (χ4v) is 5.29. The van der Waals surface area contributed by atoms with Crippen LogP contribution in [0.3, 0.4) is 0 Å². The van der Waals surface area contributed by atoms with Crippen LogP contribution in [0.25, 0.3) is 0 Å². The average Bonchev–Trinajstić information content (AvgIpc) is 3.20. The highest BCUT2D eigenvalue weighted by molar-refractivity contribution is 5.92. The van der Waals surface area contributed by atoms with Crippen LogP contribution in [0.2, 0.25) is 0 Å². The standard InChI is InChI=1S/C36H69N9O17/c1-38(2)14-27(53)40(4)16-29(55)42(6)18-31(57)44(8)19-32(58)43(7)17-30(56)41(5)15-28(54)39(3)13-26(52)37-9-10-45(11-22(48)33(59)35(61)24(50)20-46)12-23(49)34(60)36(62)25(51)21-47/h22-25,33-36,46-51,59-62H,9-21H2,1-8H3,(H,37,52)/t22-,23-,24+,25+,33+,34+,35+,36+/m0/s1. The predicted octanol–water partition coefficient (Wildman–Crippen LogP) is -10.4. The summed E-state index contributed by atoms with van der Waals surface area (Å²) in [5.41, 5.74) is 0. The minimum absolute atomic E-state index is 0.0950. The Labute approximate surface area is 360 Å². The maximum Gasteiger partial charge on any atom is 0.242 e. The van der Waals surface area contributed by atoms with Gasteiger partial charge >= 0.3 is 0 Å². The molecule has 11 N–H and O–H groups in total. The van der Waals surface area contributed by atoms with Gasteiger partial charge in [0.05, 0.1) is 71.2 Å². The molecule has 0 fully saturated rings. The average molecular weight is 900 g/mol. The summed E-state index contributed by atoms with van der Waals surface area (Å²) >= 11 is 0. The first kappa shape index (κ1) is 57.8. The van der Waals surface area contributed by atoms with Crippen LogP contribution in [0.4, 0.5) is 0 Å². The van der Waals surface area contributed by atoms with E-state index in [0.717, 1.165) is 24.5 Å². The molecular formula is C36H69N9O17. The molecule has 360 valence electrons. The molecule has 0 spiro atoms. The molecule has 0 radical (unpaired) electrons. The fraction of sp³-hybridized carbons (Fsp3) is 0.806. The quantitative estimate of drug-likeness (QED) is 0.0332. The molecular weight excluding hydrogens is 830 g/mol. The zero-order valence-electron chi connectivity index (χ0n) is 36.7. The predicted molar refractivity (Wildman–Crippen MR) is 216 cm³/mol. The number of carbonyl (C=O) groups excluding carboxylic acids is 7. The first-order valence-corrected chi connectivity index (χ1v) is 19.4. The zero-order chi connectivity index (χ0) is 48.2. The van der Waals surface area contributed by atoms with Crippen molar-refractivity contribution in [1.29, 1.82) is 0 Å². The van der Waals surface area contributed by atoms with Gasteiger partial charge in [-0.2, -0.15) is 0 Å². The van der Waals surface area contributed by atoms with Crippen LogP contribution >= 0.6 is 0 Å². The second-order valence-electron chi connectivity index (χ2n) is 15.4. The van der Waals surface area contributed by atoms with Gasteiger partial charge in [0.15, 0.2) is 0 Å². The summed E-state index contributed by atoms with van der Waals surface area (Å²) in [5.74, 6) is -4.04. The van der Waals surface area contributed by atoms with Gasteiger partial charge in [-0.1, -0.05) is 0 Å². The molecule has 0 aromatic carbocycles. The van der Waals surface area contributed by atoms with E-state index in [1.54, 1.807) is 19.0 Å². The van der Waals surface area contributed by atoms with Gasteiger partial charge in [0, 0.05) is 68.5 Å². The lowest BCUT2D eigenvalue weighted by molar-refractivity contribution is -0.145. The molecule has 26 nitrogen and oxygen atoms in total. The van der Waals surface area contributed by atoms with Crippen molar-refractivity contribution in [2.45, 2.75) is 48.8 Å². The number of likely N-dealkylation sites (N-methyl/N-ethyl adjacent to an activating group) is 7. The lowest BCUT2D eigenvalue weighted by atomic mass is 10.0. The number of hydrogen-bond acceptors (Lipinski definition) is 19. The van der Waals surface area contributed by atoms with Crippen LogP contribution < -0.4 is 5.32 Å². The molecule has 0 aliphatic heterocycles. The topological polar surface area (TPSA) is 360 Å². The maximum atomic E-state index is 12.9. The normalized spacial score (nSPS) is 15.4. The SMILES string of the molecule is CN(C)CC(=O)N(C)CC(=O)N(C)CC(=O)N(C)CC(=O)N(C)CC(=O)N(C)CC(=O)N(C)CC(=O)NCCN(C[C@H](O)[C@@H](O)[C@H](O)[C@H](O)CO)C[C@H](O)[C@@H](O)[C@H](O)[C@H](O)CO. The van der Waals surface area contributed by atoms with E-state index in [0.29, 0.717) is 0 Å². The van der Waals surface area contributed by atoms with Gasteiger partial charge in [-0.05, 0) is 14.1 Å². The van der Waals surface area contributed by atoms with Crippen molar-refractivity contribution < 1.29 is 84.6 Å². The molecule has 0 rings (SSSR count). The molecule has 0 heterocycles. The summed E-state index contributed by atoms with van der Waals surface area (Å²) in [6.07, 6.45) is -15.3. The third kappa shape index (κ3) is 20.8. The lowest BCUT2D eigenvalue weighted by Crippen LogP contribution is -2.54. The maximum absolute atomic E-state index is 12.9. The molecule has 0 aromatic heterocycles. The summed E-state index contributed by atoms with van der Waals surface area (Å²) in [6.45, 7) is -5.95. The first-order chi connectivity index (χ1) is 28.7. The molecule has 62 heavy (non-hydrogen) atoms. The Hall–Kier alpha value is -4.19. The van der Waals surface area contributed by atoms with Crippen molar-refractivity contribution in [2.75, 3.05) is 142 Å². The molecule has 7 amide bonds. The second-order valence-corrected chi connectivity index (χ2v) is 15.4. The van der Waals surface area contributed by atoms with E-state index in [1.165, 1.54) is 52.1 Å². The first-order valence-electron chi connectivity index (χ1n) is 19.4. The summed E-state index contributed by atoms with van der Waals surface area (Å²) in [7, 11) is 11.5. The van der Waals surface area contributed by atoms with Crippen LogP contribution in [-0.4, -0.2) is 322 Å². The van der Waals surface area contributed by atoms with E-state index in [-0.39, 0.29) is 38.6 Å².